The van der Waals surface area contributed by atoms with Gasteiger partial charge in [-0.3, -0.25) is 4.79 Å². The highest BCUT2D eigenvalue weighted by atomic mass is 16.1. The summed E-state index contributed by atoms with van der Waals surface area (Å²) in [7, 11) is 0. The Balaban J connectivity index is 3.20. The maximum Gasteiger partial charge on any atom is 0.254 e. The molecule has 0 aliphatic rings. The first-order chi connectivity index (χ1) is 7.10. The summed E-state index contributed by atoms with van der Waals surface area (Å²) in [6.45, 7) is 6.16. The van der Waals surface area contributed by atoms with Crippen LogP contribution in [0.1, 0.15) is 35.6 Å². The molecule has 0 fully saturated rings. The van der Waals surface area contributed by atoms with Crippen molar-refractivity contribution in [1.82, 2.24) is 15.3 Å². The fourth-order valence-corrected chi connectivity index (χ4v) is 1.46. The standard InChI is InChI=1S/C10H16N4O/c1-4-7-8(9(15)12-5-2)6(3)13-10(11)14-7/h4-5H2,1-3H3,(H,12,15)(H2,11,13,14). The van der Waals surface area contributed by atoms with Gasteiger partial charge in [-0.05, 0) is 20.3 Å². The van der Waals surface area contributed by atoms with Crippen LogP contribution in [0.5, 0.6) is 0 Å². The van der Waals surface area contributed by atoms with Crippen molar-refractivity contribution in [2.24, 2.45) is 0 Å². The molecule has 5 heteroatoms. The van der Waals surface area contributed by atoms with E-state index in [9.17, 15) is 4.79 Å². The molecule has 1 amide bonds. The Labute approximate surface area is 89.1 Å². The Morgan fingerprint density at radius 1 is 1.40 bits per heavy atom. The average molecular weight is 208 g/mol. The second-order valence-electron chi connectivity index (χ2n) is 3.20. The van der Waals surface area contributed by atoms with Crippen LogP contribution in [0.25, 0.3) is 0 Å². The van der Waals surface area contributed by atoms with Crippen molar-refractivity contribution in [1.29, 1.82) is 0 Å². The molecule has 0 atom stereocenters. The zero-order valence-electron chi connectivity index (χ0n) is 9.29. The van der Waals surface area contributed by atoms with Crippen LogP contribution in [0.4, 0.5) is 5.95 Å². The van der Waals surface area contributed by atoms with Gasteiger partial charge in [0.15, 0.2) is 0 Å². The van der Waals surface area contributed by atoms with Gasteiger partial charge in [0, 0.05) is 6.54 Å². The lowest BCUT2D eigenvalue weighted by Gasteiger charge is -2.10. The summed E-state index contributed by atoms with van der Waals surface area (Å²) in [5.74, 6) is 0.0873. The highest BCUT2D eigenvalue weighted by Crippen LogP contribution is 2.12. The molecule has 0 bridgehead atoms. The number of nitrogens with two attached hydrogens (primary N) is 1. The van der Waals surface area contributed by atoms with E-state index in [-0.39, 0.29) is 11.9 Å². The predicted octanol–water partition coefficient (Wildman–Crippen LogP) is 0.679. The molecule has 1 heterocycles. The number of anilines is 1. The van der Waals surface area contributed by atoms with E-state index in [0.717, 1.165) is 0 Å². The van der Waals surface area contributed by atoms with Crippen molar-refractivity contribution in [2.75, 3.05) is 12.3 Å². The molecule has 0 saturated heterocycles. The van der Waals surface area contributed by atoms with E-state index in [1.165, 1.54) is 0 Å². The van der Waals surface area contributed by atoms with Crippen LogP contribution >= 0.6 is 0 Å². The Kier molecular flexibility index (Phi) is 3.60. The number of nitrogen functional groups attached to an aromatic ring is 1. The third kappa shape index (κ3) is 2.43. The average Bonchev–Trinajstić information content (AvgIpc) is 2.16. The van der Waals surface area contributed by atoms with Gasteiger partial charge in [-0.2, -0.15) is 0 Å². The number of amides is 1. The van der Waals surface area contributed by atoms with Gasteiger partial charge in [-0.1, -0.05) is 6.92 Å². The van der Waals surface area contributed by atoms with Crippen molar-refractivity contribution in [3.63, 3.8) is 0 Å². The Morgan fingerprint density at radius 3 is 2.60 bits per heavy atom. The van der Waals surface area contributed by atoms with E-state index >= 15 is 0 Å². The molecule has 0 saturated carbocycles. The predicted molar refractivity (Wildman–Crippen MR) is 58.6 cm³/mol. The summed E-state index contributed by atoms with van der Waals surface area (Å²) in [5, 5.41) is 2.74. The van der Waals surface area contributed by atoms with Crippen LogP contribution in [0.2, 0.25) is 0 Å². The van der Waals surface area contributed by atoms with E-state index < -0.39 is 0 Å². The molecular weight excluding hydrogens is 192 g/mol. The summed E-state index contributed by atoms with van der Waals surface area (Å²) in [6, 6.07) is 0. The molecule has 0 unspecified atom stereocenters. The minimum atomic E-state index is -0.133. The van der Waals surface area contributed by atoms with E-state index in [2.05, 4.69) is 15.3 Å². The molecule has 15 heavy (non-hydrogen) atoms. The molecule has 0 aliphatic heterocycles. The highest BCUT2D eigenvalue weighted by molar-refractivity contribution is 5.96. The molecule has 5 nitrogen and oxygen atoms in total. The fraction of sp³-hybridized carbons (Fsp3) is 0.500. The summed E-state index contributed by atoms with van der Waals surface area (Å²) in [6.07, 6.45) is 0.667. The number of aryl methyl sites for hydroxylation is 2. The smallest absolute Gasteiger partial charge is 0.254 e. The largest absolute Gasteiger partial charge is 0.368 e. The minimum absolute atomic E-state index is 0.133. The second-order valence-corrected chi connectivity index (χ2v) is 3.20. The molecule has 0 radical (unpaired) electrons. The lowest BCUT2D eigenvalue weighted by molar-refractivity contribution is 0.0953. The lowest BCUT2D eigenvalue weighted by atomic mass is 10.1. The Bertz CT molecular complexity index is 376. The number of nitrogens with zero attached hydrogens (tertiary/aromatic N) is 2. The number of nitrogens with one attached hydrogen (secondary N) is 1. The van der Waals surface area contributed by atoms with Crippen LogP contribution in [0.3, 0.4) is 0 Å². The van der Waals surface area contributed by atoms with Gasteiger partial charge in [0.1, 0.15) is 0 Å². The van der Waals surface area contributed by atoms with Gasteiger partial charge < -0.3 is 11.1 Å². The molecule has 82 valence electrons. The van der Waals surface area contributed by atoms with Crippen molar-refractivity contribution in [2.45, 2.75) is 27.2 Å². The van der Waals surface area contributed by atoms with Crippen LogP contribution < -0.4 is 11.1 Å². The number of rotatable bonds is 3. The maximum atomic E-state index is 11.7. The normalized spacial score (nSPS) is 10.1. The third-order valence-electron chi connectivity index (χ3n) is 2.08. The van der Waals surface area contributed by atoms with Gasteiger partial charge >= 0.3 is 0 Å². The number of hydrogen-bond donors (Lipinski definition) is 2. The summed E-state index contributed by atoms with van der Waals surface area (Å²) >= 11 is 0. The van der Waals surface area contributed by atoms with Gasteiger partial charge in [0.25, 0.3) is 5.91 Å². The summed E-state index contributed by atoms with van der Waals surface area (Å²) in [4.78, 5) is 19.8. The first-order valence-corrected chi connectivity index (χ1v) is 5.01. The Hall–Kier alpha value is -1.65. The van der Waals surface area contributed by atoms with Crippen molar-refractivity contribution < 1.29 is 4.79 Å². The van der Waals surface area contributed by atoms with Gasteiger partial charge in [0.05, 0.1) is 17.0 Å². The zero-order valence-corrected chi connectivity index (χ0v) is 9.29. The van der Waals surface area contributed by atoms with Gasteiger partial charge in [-0.25, -0.2) is 9.97 Å². The first kappa shape index (κ1) is 11.4. The van der Waals surface area contributed by atoms with Gasteiger partial charge in [0.2, 0.25) is 5.95 Å². The highest BCUT2D eigenvalue weighted by Gasteiger charge is 2.15. The van der Waals surface area contributed by atoms with Crippen molar-refractivity contribution >= 4 is 11.9 Å². The summed E-state index contributed by atoms with van der Waals surface area (Å²) in [5.41, 5.74) is 7.40. The van der Waals surface area contributed by atoms with E-state index in [4.69, 9.17) is 5.73 Å². The quantitative estimate of drug-likeness (QED) is 0.765. The molecular formula is C10H16N4O. The number of carbonyl (C=O) groups excluding carboxylic acids is 1. The first-order valence-electron chi connectivity index (χ1n) is 5.01. The molecule has 3 N–H and O–H groups in total. The van der Waals surface area contributed by atoms with Crippen LogP contribution in [-0.2, 0) is 6.42 Å². The van der Waals surface area contributed by atoms with Crippen LogP contribution in [0, 0.1) is 6.92 Å². The molecule has 1 aromatic heterocycles. The molecule has 0 aliphatic carbocycles. The molecule has 0 spiro atoms. The monoisotopic (exact) mass is 208 g/mol. The SMILES string of the molecule is CCNC(=O)c1c(C)nc(N)nc1CC. The van der Waals surface area contributed by atoms with E-state index in [0.29, 0.717) is 29.9 Å². The zero-order chi connectivity index (χ0) is 11.4. The van der Waals surface area contributed by atoms with E-state index in [1.807, 2.05) is 13.8 Å². The molecule has 1 rings (SSSR count). The second kappa shape index (κ2) is 4.72. The van der Waals surface area contributed by atoms with Crippen LogP contribution in [-0.4, -0.2) is 22.4 Å². The lowest BCUT2D eigenvalue weighted by Crippen LogP contribution is -2.26. The Morgan fingerprint density at radius 2 is 2.07 bits per heavy atom. The topological polar surface area (TPSA) is 80.9 Å². The maximum absolute atomic E-state index is 11.7. The van der Waals surface area contributed by atoms with Crippen molar-refractivity contribution in [3.8, 4) is 0 Å². The minimum Gasteiger partial charge on any atom is -0.368 e. The fourth-order valence-electron chi connectivity index (χ4n) is 1.46. The molecule has 1 aromatic rings. The number of aromatic nitrogens is 2. The van der Waals surface area contributed by atoms with E-state index in [1.54, 1.807) is 6.92 Å². The third-order valence-corrected chi connectivity index (χ3v) is 2.08. The van der Waals surface area contributed by atoms with Crippen molar-refractivity contribution in [3.05, 3.63) is 17.0 Å². The number of carbonyl (C=O) groups is 1. The number of hydrogen-bond acceptors (Lipinski definition) is 4. The summed E-state index contributed by atoms with van der Waals surface area (Å²) < 4.78 is 0. The van der Waals surface area contributed by atoms with Crippen LogP contribution in [0.15, 0.2) is 0 Å². The van der Waals surface area contributed by atoms with Gasteiger partial charge in [-0.15, -0.1) is 0 Å². The molecule has 0 aromatic carbocycles.